The average molecular weight is 270 g/mol. The van der Waals surface area contributed by atoms with E-state index in [1.165, 1.54) is 0 Å². The number of rotatable bonds is 2. The molecule has 0 aliphatic carbocycles. The fourth-order valence-electron chi connectivity index (χ4n) is 2.59. The van der Waals surface area contributed by atoms with Crippen LogP contribution in [0.2, 0.25) is 0 Å². The Morgan fingerprint density at radius 3 is 2.83 bits per heavy atom. The molecule has 0 bridgehead atoms. The predicted octanol–water partition coefficient (Wildman–Crippen LogP) is 0.0445. The second-order valence-corrected chi connectivity index (χ2v) is 7.22. The van der Waals surface area contributed by atoms with Gasteiger partial charge >= 0.3 is 0 Å². The smallest absolute Gasteiger partial charge is 0.155 e. The third kappa shape index (κ3) is 2.37. The van der Waals surface area contributed by atoms with E-state index in [-0.39, 0.29) is 11.5 Å². The highest BCUT2D eigenvalue weighted by Gasteiger charge is 2.27. The summed E-state index contributed by atoms with van der Waals surface area (Å²) in [6.45, 7) is 2.01. The molecule has 100 valence electrons. The molecule has 3 rings (SSSR count). The first-order chi connectivity index (χ1) is 8.64. The zero-order valence-electron chi connectivity index (χ0n) is 10.2. The minimum absolute atomic E-state index is 0.117. The SMILES string of the molecule is O=S1(=O)CCc2[nH]nc(NC3CCNCC3)c2C1. The Labute approximate surface area is 106 Å². The Kier molecular flexibility index (Phi) is 3.03. The molecule has 18 heavy (non-hydrogen) atoms. The maximum atomic E-state index is 11.7. The fraction of sp³-hybridized carbons (Fsp3) is 0.727. The van der Waals surface area contributed by atoms with E-state index in [1.807, 2.05) is 0 Å². The van der Waals surface area contributed by atoms with Gasteiger partial charge in [0.2, 0.25) is 0 Å². The standard InChI is InChI=1S/C11H18N4O2S/c16-18(17)6-3-10-9(7-18)11(15-14-10)13-8-1-4-12-5-2-8/h8,12H,1-7H2,(H2,13,14,15). The summed E-state index contributed by atoms with van der Waals surface area (Å²) in [6.07, 6.45) is 2.65. The molecule has 1 aromatic heterocycles. The van der Waals surface area contributed by atoms with E-state index < -0.39 is 9.84 Å². The molecule has 0 saturated carbocycles. The van der Waals surface area contributed by atoms with E-state index in [4.69, 9.17) is 0 Å². The lowest BCUT2D eigenvalue weighted by atomic mass is 10.1. The number of nitrogens with one attached hydrogen (secondary N) is 3. The molecule has 0 radical (unpaired) electrons. The van der Waals surface area contributed by atoms with Crippen LogP contribution in [-0.4, -0.2) is 43.5 Å². The number of H-pyrrole nitrogens is 1. The number of anilines is 1. The number of aromatic nitrogens is 2. The molecule has 7 heteroatoms. The highest BCUT2D eigenvalue weighted by Crippen LogP contribution is 2.26. The molecule has 0 spiro atoms. The van der Waals surface area contributed by atoms with Crippen LogP contribution < -0.4 is 10.6 Å². The van der Waals surface area contributed by atoms with E-state index in [0.717, 1.165) is 43.0 Å². The minimum atomic E-state index is -2.94. The molecule has 0 amide bonds. The van der Waals surface area contributed by atoms with Crippen molar-refractivity contribution in [2.75, 3.05) is 24.2 Å². The zero-order valence-corrected chi connectivity index (χ0v) is 11.0. The topological polar surface area (TPSA) is 86.9 Å². The molecule has 0 aromatic carbocycles. The van der Waals surface area contributed by atoms with Gasteiger partial charge in [-0.15, -0.1) is 0 Å². The lowest BCUT2D eigenvalue weighted by Gasteiger charge is -2.24. The lowest BCUT2D eigenvalue weighted by Crippen LogP contribution is -2.35. The highest BCUT2D eigenvalue weighted by molar-refractivity contribution is 7.90. The van der Waals surface area contributed by atoms with Gasteiger partial charge in [-0.3, -0.25) is 5.10 Å². The van der Waals surface area contributed by atoms with Crippen LogP contribution in [0.25, 0.3) is 0 Å². The van der Waals surface area contributed by atoms with E-state index in [2.05, 4.69) is 20.8 Å². The molecule has 3 N–H and O–H groups in total. The first kappa shape index (κ1) is 12.0. The van der Waals surface area contributed by atoms with Crippen molar-refractivity contribution in [2.24, 2.45) is 0 Å². The number of nitrogens with zero attached hydrogens (tertiary/aromatic N) is 1. The highest BCUT2D eigenvalue weighted by atomic mass is 32.2. The number of sulfone groups is 1. The van der Waals surface area contributed by atoms with Crippen molar-refractivity contribution in [2.45, 2.75) is 31.1 Å². The van der Waals surface area contributed by atoms with Gasteiger partial charge in [0, 0.05) is 23.7 Å². The number of fused-ring (bicyclic) bond motifs is 1. The minimum Gasteiger partial charge on any atom is -0.366 e. The van der Waals surface area contributed by atoms with Gasteiger partial charge in [0.15, 0.2) is 15.7 Å². The van der Waals surface area contributed by atoms with Crippen LogP contribution in [0, 0.1) is 0 Å². The first-order valence-electron chi connectivity index (χ1n) is 6.38. The van der Waals surface area contributed by atoms with Crippen LogP contribution in [0.15, 0.2) is 0 Å². The van der Waals surface area contributed by atoms with Gasteiger partial charge < -0.3 is 10.6 Å². The van der Waals surface area contributed by atoms with Crippen molar-refractivity contribution in [3.8, 4) is 0 Å². The van der Waals surface area contributed by atoms with Crippen LogP contribution in [0.1, 0.15) is 24.1 Å². The Morgan fingerprint density at radius 2 is 2.06 bits per heavy atom. The summed E-state index contributed by atoms with van der Waals surface area (Å²) >= 11 is 0. The number of aryl methyl sites for hydroxylation is 1. The molecule has 1 fully saturated rings. The van der Waals surface area contributed by atoms with Crippen molar-refractivity contribution < 1.29 is 8.42 Å². The maximum Gasteiger partial charge on any atom is 0.155 e. The van der Waals surface area contributed by atoms with Crippen molar-refractivity contribution in [1.29, 1.82) is 0 Å². The summed E-state index contributed by atoms with van der Waals surface area (Å²) in [5.41, 5.74) is 1.82. The van der Waals surface area contributed by atoms with Crippen LogP contribution in [0.3, 0.4) is 0 Å². The van der Waals surface area contributed by atoms with E-state index in [1.54, 1.807) is 0 Å². The Bertz CT molecular complexity index is 531. The van der Waals surface area contributed by atoms with Gasteiger partial charge in [0.05, 0.1) is 11.5 Å². The van der Waals surface area contributed by atoms with Gasteiger partial charge in [-0.1, -0.05) is 0 Å². The Hall–Kier alpha value is -1.08. The molecule has 3 heterocycles. The molecule has 6 nitrogen and oxygen atoms in total. The largest absolute Gasteiger partial charge is 0.366 e. The Morgan fingerprint density at radius 1 is 1.28 bits per heavy atom. The summed E-state index contributed by atoms with van der Waals surface area (Å²) in [5.74, 6) is 1.08. The summed E-state index contributed by atoms with van der Waals surface area (Å²) < 4.78 is 23.4. The lowest BCUT2D eigenvalue weighted by molar-refractivity contribution is 0.478. The Balaban J connectivity index is 1.79. The maximum absolute atomic E-state index is 11.7. The molecule has 2 aliphatic heterocycles. The van der Waals surface area contributed by atoms with Crippen LogP contribution in [-0.2, 0) is 22.0 Å². The first-order valence-corrected chi connectivity index (χ1v) is 8.20. The van der Waals surface area contributed by atoms with Crippen molar-refractivity contribution in [1.82, 2.24) is 15.5 Å². The molecule has 1 aromatic rings. The predicted molar refractivity (Wildman–Crippen MR) is 69.3 cm³/mol. The molecule has 0 unspecified atom stereocenters. The monoisotopic (exact) mass is 270 g/mol. The van der Waals surface area contributed by atoms with Gasteiger partial charge in [-0.2, -0.15) is 5.10 Å². The van der Waals surface area contributed by atoms with E-state index in [9.17, 15) is 8.42 Å². The van der Waals surface area contributed by atoms with Crippen molar-refractivity contribution in [3.05, 3.63) is 11.3 Å². The van der Waals surface area contributed by atoms with Crippen molar-refractivity contribution >= 4 is 15.7 Å². The summed E-state index contributed by atoms with van der Waals surface area (Å²) in [6, 6.07) is 0.392. The number of hydrogen-bond donors (Lipinski definition) is 3. The van der Waals surface area contributed by atoms with E-state index in [0.29, 0.717) is 12.5 Å². The number of hydrogen-bond acceptors (Lipinski definition) is 5. The van der Waals surface area contributed by atoms with Gasteiger partial charge in [-0.05, 0) is 25.9 Å². The van der Waals surface area contributed by atoms with E-state index >= 15 is 0 Å². The van der Waals surface area contributed by atoms with Crippen LogP contribution in [0.5, 0.6) is 0 Å². The molecule has 1 saturated heterocycles. The van der Waals surface area contributed by atoms with Gasteiger partial charge in [0.1, 0.15) is 0 Å². The number of aromatic amines is 1. The third-order valence-corrected chi connectivity index (χ3v) is 5.21. The normalized spacial score (nSPS) is 23.6. The average Bonchev–Trinajstić information content (AvgIpc) is 2.72. The summed E-state index contributed by atoms with van der Waals surface area (Å²) in [5, 5.41) is 13.9. The second kappa shape index (κ2) is 4.55. The van der Waals surface area contributed by atoms with Crippen molar-refractivity contribution in [3.63, 3.8) is 0 Å². The quantitative estimate of drug-likeness (QED) is 0.706. The summed E-state index contributed by atoms with van der Waals surface area (Å²) in [4.78, 5) is 0. The zero-order chi connectivity index (χ0) is 12.6. The molecule has 2 aliphatic rings. The molecular weight excluding hydrogens is 252 g/mol. The fourth-order valence-corrected chi connectivity index (χ4v) is 4.00. The summed E-state index contributed by atoms with van der Waals surface area (Å²) in [7, 11) is -2.94. The number of piperidine rings is 1. The van der Waals surface area contributed by atoms with Gasteiger partial charge in [-0.25, -0.2) is 8.42 Å². The van der Waals surface area contributed by atoms with Crippen LogP contribution >= 0.6 is 0 Å². The van der Waals surface area contributed by atoms with Crippen LogP contribution in [0.4, 0.5) is 5.82 Å². The van der Waals surface area contributed by atoms with Gasteiger partial charge in [0.25, 0.3) is 0 Å². The molecular formula is C11H18N4O2S. The second-order valence-electron chi connectivity index (χ2n) is 5.04. The third-order valence-electron chi connectivity index (χ3n) is 3.66. The molecule has 0 atom stereocenters.